The van der Waals surface area contributed by atoms with Crippen LogP contribution in [-0.2, 0) is 16.0 Å². The van der Waals surface area contributed by atoms with Crippen molar-refractivity contribution in [2.24, 2.45) is 0 Å². The number of amides is 2. The van der Waals surface area contributed by atoms with Crippen LogP contribution in [0, 0.1) is 0 Å². The van der Waals surface area contributed by atoms with E-state index in [1.807, 2.05) is 24.3 Å². The molecule has 2 aromatic carbocycles. The summed E-state index contributed by atoms with van der Waals surface area (Å²) in [6.07, 6.45) is 1.26. The van der Waals surface area contributed by atoms with Crippen LogP contribution in [0.15, 0.2) is 42.5 Å². The number of para-hydroxylation sites is 2. The van der Waals surface area contributed by atoms with E-state index in [0.29, 0.717) is 35.8 Å². The van der Waals surface area contributed by atoms with E-state index < -0.39 is 6.10 Å². The number of hydrogen-bond acceptors (Lipinski definition) is 3. The monoisotopic (exact) mass is 356 g/mol. The number of ether oxygens (including phenoxy) is 1. The number of fused-ring (bicyclic) bond motifs is 1. The van der Waals surface area contributed by atoms with Gasteiger partial charge >= 0.3 is 0 Å². The first-order valence-electron chi connectivity index (χ1n) is 8.27. The first-order chi connectivity index (χ1) is 12.1. The quantitative estimate of drug-likeness (QED) is 0.916. The Morgan fingerprint density at radius 2 is 2.08 bits per heavy atom. The van der Waals surface area contributed by atoms with Gasteiger partial charge in [-0.25, -0.2) is 0 Å². The molecule has 128 valence electrons. The lowest BCUT2D eigenvalue weighted by Crippen LogP contribution is -2.32. The van der Waals surface area contributed by atoms with Crippen molar-refractivity contribution in [2.45, 2.75) is 25.4 Å². The minimum Gasteiger partial charge on any atom is -0.480 e. The third-order valence-electron chi connectivity index (χ3n) is 4.52. The highest BCUT2D eigenvalue weighted by molar-refractivity contribution is 6.30. The second kappa shape index (κ2) is 6.41. The number of carbonyl (C=O) groups excluding carboxylic acids is 2. The lowest BCUT2D eigenvalue weighted by molar-refractivity contribution is -0.122. The average Bonchev–Trinajstić information content (AvgIpc) is 3.21. The maximum absolute atomic E-state index is 12.6. The van der Waals surface area contributed by atoms with Gasteiger partial charge in [0, 0.05) is 24.4 Å². The minimum absolute atomic E-state index is 0.0841. The van der Waals surface area contributed by atoms with Crippen molar-refractivity contribution in [1.29, 1.82) is 0 Å². The molecular weight excluding hydrogens is 340 g/mol. The standard InChI is InChI=1S/C19H17ClN2O3/c20-13-7-8-16-12(10-13)11-17(25-16)19(24)21-14-4-1-2-5-15(14)22-9-3-6-18(22)23/h1-2,4-5,7-8,10,17H,3,6,9,11H2,(H,21,24)/t17-/m1/s1. The fraction of sp³-hybridized carbons (Fsp3) is 0.263. The summed E-state index contributed by atoms with van der Waals surface area (Å²) in [5.41, 5.74) is 2.29. The summed E-state index contributed by atoms with van der Waals surface area (Å²) in [5.74, 6) is 0.542. The van der Waals surface area contributed by atoms with Crippen LogP contribution >= 0.6 is 11.6 Å². The number of hydrogen-bond donors (Lipinski definition) is 1. The van der Waals surface area contributed by atoms with Crippen LogP contribution in [0.1, 0.15) is 18.4 Å². The Morgan fingerprint density at radius 1 is 1.24 bits per heavy atom. The van der Waals surface area contributed by atoms with Gasteiger partial charge in [0.1, 0.15) is 5.75 Å². The summed E-state index contributed by atoms with van der Waals surface area (Å²) >= 11 is 5.99. The van der Waals surface area contributed by atoms with Crippen molar-refractivity contribution in [2.75, 3.05) is 16.8 Å². The third kappa shape index (κ3) is 3.07. The molecule has 1 atom stereocenters. The summed E-state index contributed by atoms with van der Waals surface area (Å²) in [6, 6.07) is 12.7. The normalized spacial score (nSPS) is 18.8. The summed E-state index contributed by atoms with van der Waals surface area (Å²) in [4.78, 5) is 26.4. The number of carbonyl (C=O) groups is 2. The van der Waals surface area contributed by atoms with Gasteiger partial charge in [-0.05, 0) is 42.3 Å². The van der Waals surface area contributed by atoms with Crippen LogP contribution < -0.4 is 15.0 Å². The number of rotatable bonds is 3. The molecule has 2 aliphatic rings. The maximum atomic E-state index is 12.6. The lowest BCUT2D eigenvalue weighted by Gasteiger charge is -2.20. The van der Waals surface area contributed by atoms with Crippen molar-refractivity contribution in [3.05, 3.63) is 53.1 Å². The first kappa shape index (κ1) is 16.0. The van der Waals surface area contributed by atoms with E-state index >= 15 is 0 Å². The highest BCUT2D eigenvalue weighted by atomic mass is 35.5. The number of benzene rings is 2. The molecule has 2 aliphatic heterocycles. The number of nitrogens with one attached hydrogen (secondary N) is 1. The molecule has 2 amide bonds. The van der Waals surface area contributed by atoms with Crippen LogP contribution in [0.4, 0.5) is 11.4 Å². The van der Waals surface area contributed by atoms with Gasteiger partial charge in [0.15, 0.2) is 6.10 Å². The second-order valence-electron chi connectivity index (χ2n) is 6.22. The van der Waals surface area contributed by atoms with E-state index in [1.54, 1.807) is 23.1 Å². The fourth-order valence-electron chi connectivity index (χ4n) is 3.29. The lowest BCUT2D eigenvalue weighted by atomic mass is 10.1. The molecular formula is C19H17ClN2O3. The van der Waals surface area contributed by atoms with E-state index in [1.165, 1.54) is 0 Å². The molecule has 0 radical (unpaired) electrons. The average molecular weight is 357 g/mol. The van der Waals surface area contributed by atoms with E-state index in [2.05, 4.69) is 5.32 Å². The van der Waals surface area contributed by atoms with Crippen LogP contribution in [0.5, 0.6) is 5.75 Å². The molecule has 0 bridgehead atoms. The van der Waals surface area contributed by atoms with Gasteiger partial charge in [-0.15, -0.1) is 0 Å². The molecule has 0 spiro atoms. The smallest absolute Gasteiger partial charge is 0.265 e. The van der Waals surface area contributed by atoms with Crippen LogP contribution in [-0.4, -0.2) is 24.5 Å². The van der Waals surface area contributed by atoms with Gasteiger partial charge in [-0.3, -0.25) is 9.59 Å². The first-order valence-corrected chi connectivity index (χ1v) is 8.65. The molecule has 1 N–H and O–H groups in total. The van der Waals surface area contributed by atoms with E-state index in [0.717, 1.165) is 17.7 Å². The molecule has 0 aliphatic carbocycles. The summed E-state index contributed by atoms with van der Waals surface area (Å²) in [7, 11) is 0. The van der Waals surface area contributed by atoms with Crippen LogP contribution in [0.3, 0.4) is 0 Å². The molecule has 0 unspecified atom stereocenters. The van der Waals surface area contributed by atoms with Crippen molar-refractivity contribution in [1.82, 2.24) is 0 Å². The van der Waals surface area contributed by atoms with E-state index in [4.69, 9.17) is 16.3 Å². The fourth-order valence-corrected chi connectivity index (χ4v) is 3.49. The maximum Gasteiger partial charge on any atom is 0.265 e. The predicted molar refractivity (Wildman–Crippen MR) is 96.2 cm³/mol. The summed E-state index contributed by atoms with van der Waals surface area (Å²) < 4.78 is 5.73. The molecule has 25 heavy (non-hydrogen) atoms. The zero-order valence-electron chi connectivity index (χ0n) is 13.5. The highest BCUT2D eigenvalue weighted by Gasteiger charge is 2.30. The van der Waals surface area contributed by atoms with Crippen molar-refractivity contribution in [3.63, 3.8) is 0 Å². The third-order valence-corrected chi connectivity index (χ3v) is 4.75. The largest absolute Gasteiger partial charge is 0.480 e. The predicted octanol–water partition coefficient (Wildman–Crippen LogP) is 3.41. The van der Waals surface area contributed by atoms with Crippen molar-refractivity contribution in [3.8, 4) is 5.75 Å². The molecule has 0 saturated carbocycles. The summed E-state index contributed by atoms with van der Waals surface area (Å²) in [5, 5.41) is 3.53. The number of anilines is 2. The number of halogens is 1. The molecule has 0 aromatic heterocycles. The van der Waals surface area contributed by atoms with Gasteiger partial charge in [0.05, 0.1) is 11.4 Å². The second-order valence-corrected chi connectivity index (χ2v) is 6.65. The van der Waals surface area contributed by atoms with Crippen LogP contribution in [0.25, 0.3) is 0 Å². The van der Waals surface area contributed by atoms with E-state index in [-0.39, 0.29) is 11.8 Å². The van der Waals surface area contributed by atoms with Crippen molar-refractivity contribution < 1.29 is 14.3 Å². The van der Waals surface area contributed by atoms with Gasteiger partial charge in [-0.2, -0.15) is 0 Å². The Kier molecular flexibility index (Phi) is 4.09. The zero-order valence-corrected chi connectivity index (χ0v) is 14.3. The summed E-state index contributed by atoms with van der Waals surface area (Å²) in [6.45, 7) is 0.676. The molecule has 2 aromatic rings. The zero-order chi connectivity index (χ0) is 17.4. The molecule has 5 nitrogen and oxygen atoms in total. The Labute approximate surface area is 150 Å². The Morgan fingerprint density at radius 3 is 2.88 bits per heavy atom. The molecule has 6 heteroatoms. The SMILES string of the molecule is O=C(Nc1ccccc1N1CCCC1=O)[C@H]1Cc2cc(Cl)ccc2O1. The van der Waals surface area contributed by atoms with Gasteiger partial charge in [0.2, 0.25) is 5.91 Å². The molecule has 1 fully saturated rings. The van der Waals surface area contributed by atoms with Gasteiger partial charge < -0.3 is 15.0 Å². The van der Waals surface area contributed by atoms with Crippen molar-refractivity contribution >= 4 is 34.8 Å². The molecule has 2 heterocycles. The van der Waals surface area contributed by atoms with E-state index in [9.17, 15) is 9.59 Å². The Bertz CT molecular complexity index is 852. The van der Waals surface area contributed by atoms with Gasteiger partial charge in [-0.1, -0.05) is 23.7 Å². The Balaban J connectivity index is 1.52. The number of nitrogens with zero attached hydrogens (tertiary/aromatic N) is 1. The highest BCUT2D eigenvalue weighted by Crippen LogP contribution is 2.33. The Hall–Kier alpha value is -2.53. The molecule has 4 rings (SSSR count). The van der Waals surface area contributed by atoms with Crippen LogP contribution in [0.2, 0.25) is 5.02 Å². The van der Waals surface area contributed by atoms with Gasteiger partial charge in [0.25, 0.3) is 5.91 Å². The molecule has 1 saturated heterocycles. The minimum atomic E-state index is -0.601. The topological polar surface area (TPSA) is 58.6 Å².